The molecule has 2 atom stereocenters. The van der Waals surface area contributed by atoms with E-state index in [2.05, 4.69) is 10.00 Å². The third-order valence-electron chi connectivity index (χ3n) is 4.27. The van der Waals surface area contributed by atoms with Gasteiger partial charge in [0.05, 0.1) is 11.8 Å². The molecule has 0 bridgehead atoms. The van der Waals surface area contributed by atoms with E-state index in [9.17, 15) is 5.11 Å². The van der Waals surface area contributed by atoms with Gasteiger partial charge in [-0.15, -0.1) is 0 Å². The normalized spacial score (nSPS) is 33.9. The van der Waals surface area contributed by atoms with Crippen molar-refractivity contribution in [1.29, 1.82) is 0 Å². The van der Waals surface area contributed by atoms with Crippen molar-refractivity contribution in [2.75, 3.05) is 13.1 Å². The molecule has 4 nitrogen and oxygen atoms in total. The van der Waals surface area contributed by atoms with E-state index in [1.807, 2.05) is 24.1 Å². The summed E-state index contributed by atoms with van der Waals surface area (Å²) in [5.41, 5.74) is 0.649. The monoisotopic (exact) mass is 235 g/mol. The maximum atomic E-state index is 10.7. The van der Waals surface area contributed by atoms with E-state index in [1.54, 1.807) is 0 Å². The summed E-state index contributed by atoms with van der Waals surface area (Å²) in [6.45, 7) is 2.29. The van der Waals surface area contributed by atoms with Gasteiger partial charge in [0.25, 0.3) is 0 Å². The molecule has 0 radical (unpaired) electrons. The first-order valence-electron chi connectivity index (χ1n) is 6.59. The van der Waals surface area contributed by atoms with Gasteiger partial charge >= 0.3 is 0 Å². The summed E-state index contributed by atoms with van der Waals surface area (Å²) in [5.74, 6) is 0. The molecule has 2 saturated heterocycles. The molecule has 2 aliphatic heterocycles. The lowest BCUT2D eigenvalue weighted by molar-refractivity contribution is -0.0354. The van der Waals surface area contributed by atoms with Gasteiger partial charge in [0, 0.05) is 32.3 Å². The lowest BCUT2D eigenvalue weighted by Gasteiger charge is -2.40. The van der Waals surface area contributed by atoms with E-state index in [1.165, 1.54) is 19.4 Å². The largest absolute Gasteiger partial charge is 0.389 e. The van der Waals surface area contributed by atoms with Crippen LogP contribution in [0.1, 0.15) is 31.2 Å². The van der Waals surface area contributed by atoms with E-state index >= 15 is 0 Å². The van der Waals surface area contributed by atoms with Crippen LogP contribution < -0.4 is 0 Å². The lowest BCUT2D eigenvalue weighted by atomic mass is 9.82. The Kier molecular flexibility index (Phi) is 2.71. The molecule has 0 saturated carbocycles. The van der Waals surface area contributed by atoms with Crippen LogP contribution >= 0.6 is 0 Å². The van der Waals surface area contributed by atoms with Crippen LogP contribution in [0.15, 0.2) is 12.4 Å². The lowest BCUT2D eigenvalue weighted by Crippen LogP contribution is -2.48. The highest BCUT2D eigenvalue weighted by Crippen LogP contribution is 2.34. The number of aromatic nitrogens is 2. The molecular formula is C13H21N3O. The van der Waals surface area contributed by atoms with Crippen LogP contribution in [0, 0.1) is 0 Å². The van der Waals surface area contributed by atoms with Crippen LogP contribution in [-0.4, -0.2) is 44.5 Å². The molecule has 1 aromatic rings. The summed E-state index contributed by atoms with van der Waals surface area (Å²) in [5, 5.41) is 14.9. The molecule has 4 heteroatoms. The number of nitrogens with zero attached hydrogens (tertiary/aromatic N) is 3. The minimum absolute atomic E-state index is 0.505. The Morgan fingerprint density at radius 3 is 3.18 bits per heavy atom. The van der Waals surface area contributed by atoms with Crippen molar-refractivity contribution in [3.05, 3.63) is 18.0 Å². The molecule has 17 heavy (non-hydrogen) atoms. The number of piperidine rings is 1. The van der Waals surface area contributed by atoms with E-state index in [0.29, 0.717) is 6.04 Å². The van der Waals surface area contributed by atoms with Crippen molar-refractivity contribution in [3.63, 3.8) is 0 Å². The van der Waals surface area contributed by atoms with Crippen molar-refractivity contribution in [1.82, 2.24) is 14.7 Å². The maximum Gasteiger partial charge on any atom is 0.0716 e. The van der Waals surface area contributed by atoms with Crippen molar-refractivity contribution in [2.24, 2.45) is 7.05 Å². The van der Waals surface area contributed by atoms with Crippen LogP contribution in [-0.2, 0) is 13.5 Å². The average Bonchev–Trinajstić information content (AvgIpc) is 2.86. The van der Waals surface area contributed by atoms with Gasteiger partial charge in [-0.1, -0.05) is 0 Å². The Morgan fingerprint density at radius 2 is 2.41 bits per heavy atom. The van der Waals surface area contributed by atoms with Gasteiger partial charge in [-0.3, -0.25) is 4.68 Å². The number of hydrogen-bond donors (Lipinski definition) is 1. The predicted molar refractivity (Wildman–Crippen MR) is 65.7 cm³/mol. The van der Waals surface area contributed by atoms with Gasteiger partial charge in [0.1, 0.15) is 0 Å². The molecule has 1 N–H and O–H groups in total. The fourth-order valence-corrected chi connectivity index (χ4v) is 3.42. The van der Waals surface area contributed by atoms with E-state index < -0.39 is 5.60 Å². The summed E-state index contributed by atoms with van der Waals surface area (Å²) in [6.07, 6.45) is 9.03. The van der Waals surface area contributed by atoms with Gasteiger partial charge in [-0.25, -0.2) is 0 Å². The molecule has 2 aliphatic rings. The van der Waals surface area contributed by atoms with Gasteiger partial charge in [0.2, 0.25) is 0 Å². The molecule has 2 unspecified atom stereocenters. The number of rotatable bonds is 2. The van der Waals surface area contributed by atoms with E-state index in [0.717, 1.165) is 31.4 Å². The number of aliphatic hydroxyl groups is 1. The molecular weight excluding hydrogens is 214 g/mol. The van der Waals surface area contributed by atoms with Crippen molar-refractivity contribution >= 4 is 0 Å². The van der Waals surface area contributed by atoms with Crippen LogP contribution in [0.25, 0.3) is 0 Å². The number of aryl methyl sites for hydroxylation is 1. The van der Waals surface area contributed by atoms with Gasteiger partial charge in [-0.2, -0.15) is 5.10 Å². The molecule has 2 fully saturated rings. The standard InChI is InChI=1S/C13H21N3O/c1-15-10-11(9-14-15)7-13(17)4-6-16-5-2-3-12(16)8-13/h9-10,12,17H,2-8H2,1H3. The van der Waals surface area contributed by atoms with Crippen LogP contribution in [0.5, 0.6) is 0 Å². The van der Waals surface area contributed by atoms with Crippen LogP contribution in [0.4, 0.5) is 0 Å². The Bertz CT molecular complexity index is 403. The fraction of sp³-hybridized carbons (Fsp3) is 0.769. The highest BCUT2D eigenvalue weighted by molar-refractivity contribution is 5.10. The molecule has 0 aromatic carbocycles. The molecule has 94 valence electrons. The highest BCUT2D eigenvalue weighted by Gasteiger charge is 2.40. The summed E-state index contributed by atoms with van der Waals surface area (Å²) in [4.78, 5) is 2.54. The summed E-state index contributed by atoms with van der Waals surface area (Å²) >= 11 is 0. The third kappa shape index (κ3) is 2.24. The zero-order chi connectivity index (χ0) is 11.9. The molecule has 1 aromatic heterocycles. The Balaban J connectivity index is 1.69. The van der Waals surface area contributed by atoms with Gasteiger partial charge < -0.3 is 10.0 Å². The Morgan fingerprint density at radius 1 is 1.53 bits per heavy atom. The SMILES string of the molecule is Cn1cc(CC2(O)CCN3CCCC3C2)cn1. The summed E-state index contributed by atoms with van der Waals surface area (Å²) in [6, 6.07) is 0.616. The summed E-state index contributed by atoms with van der Waals surface area (Å²) < 4.78 is 1.81. The van der Waals surface area contributed by atoms with Crippen LogP contribution in [0.3, 0.4) is 0 Å². The zero-order valence-electron chi connectivity index (χ0n) is 10.5. The maximum absolute atomic E-state index is 10.7. The predicted octanol–water partition coefficient (Wildman–Crippen LogP) is 0.952. The third-order valence-corrected chi connectivity index (χ3v) is 4.27. The van der Waals surface area contributed by atoms with Crippen LogP contribution in [0.2, 0.25) is 0 Å². The molecule has 0 amide bonds. The minimum atomic E-state index is -0.505. The van der Waals surface area contributed by atoms with E-state index in [4.69, 9.17) is 0 Å². The molecule has 3 heterocycles. The fourth-order valence-electron chi connectivity index (χ4n) is 3.42. The molecule has 3 rings (SSSR count). The summed E-state index contributed by atoms with van der Waals surface area (Å²) in [7, 11) is 1.92. The Labute approximate surface area is 102 Å². The first kappa shape index (κ1) is 11.2. The van der Waals surface area contributed by atoms with Crippen molar-refractivity contribution in [3.8, 4) is 0 Å². The van der Waals surface area contributed by atoms with Crippen molar-refractivity contribution in [2.45, 2.75) is 43.7 Å². The topological polar surface area (TPSA) is 41.3 Å². The zero-order valence-corrected chi connectivity index (χ0v) is 10.5. The highest BCUT2D eigenvalue weighted by atomic mass is 16.3. The molecule has 0 spiro atoms. The number of hydrogen-bond acceptors (Lipinski definition) is 3. The Hall–Kier alpha value is -0.870. The minimum Gasteiger partial charge on any atom is -0.389 e. The number of fused-ring (bicyclic) bond motifs is 1. The first-order valence-corrected chi connectivity index (χ1v) is 6.59. The molecule has 0 aliphatic carbocycles. The van der Waals surface area contributed by atoms with Gasteiger partial charge in [-0.05, 0) is 37.8 Å². The van der Waals surface area contributed by atoms with Crippen molar-refractivity contribution < 1.29 is 5.11 Å². The first-order chi connectivity index (χ1) is 8.15. The average molecular weight is 235 g/mol. The quantitative estimate of drug-likeness (QED) is 0.830. The second-order valence-corrected chi connectivity index (χ2v) is 5.71. The van der Waals surface area contributed by atoms with E-state index in [-0.39, 0.29) is 0 Å². The van der Waals surface area contributed by atoms with Gasteiger partial charge in [0.15, 0.2) is 0 Å². The second kappa shape index (κ2) is 4.10. The smallest absolute Gasteiger partial charge is 0.0716 e. The second-order valence-electron chi connectivity index (χ2n) is 5.71.